The maximum Gasteiger partial charge on any atom is 0.335 e. The van der Waals surface area contributed by atoms with Crippen molar-refractivity contribution in [3.8, 4) is 0 Å². The second-order valence-electron chi connectivity index (χ2n) is 14.8. The molecule has 0 fully saturated rings. The molecule has 0 radical (unpaired) electrons. The smallest absolute Gasteiger partial charge is 0.335 e. The average Bonchev–Trinajstić information content (AvgIpc) is 3.09. The van der Waals surface area contributed by atoms with Crippen LogP contribution in [0, 0.1) is 5.92 Å². The van der Waals surface area contributed by atoms with E-state index in [4.69, 9.17) is 20.1 Å². The van der Waals surface area contributed by atoms with E-state index in [-0.39, 0.29) is 12.0 Å². The first-order valence-corrected chi connectivity index (χ1v) is 18.6. The molecule has 0 amide bonds. The quantitative estimate of drug-likeness (QED) is 0.0709. The van der Waals surface area contributed by atoms with Crippen molar-refractivity contribution in [3.05, 3.63) is 137 Å². The van der Waals surface area contributed by atoms with Crippen LogP contribution in [0.3, 0.4) is 0 Å². The molecular weight excluding hydrogens is 675 g/mol. The topological polar surface area (TPSA) is 96.7 Å². The Labute approximate surface area is 326 Å². The zero-order chi connectivity index (χ0) is 41.0. The van der Waals surface area contributed by atoms with Crippen LogP contribution in [0.4, 0.5) is 17.1 Å². The van der Waals surface area contributed by atoms with Crippen molar-refractivity contribution in [2.75, 3.05) is 63.1 Å². The number of hydrogen-bond donors (Lipinski definition) is 3. The van der Waals surface area contributed by atoms with Gasteiger partial charge in [0.1, 0.15) is 6.29 Å². The summed E-state index contributed by atoms with van der Waals surface area (Å²) in [7, 11) is 10.4. The number of carboxylic acids is 1. The summed E-state index contributed by atoms with van der Waals surface area (Å²) in [4.78, 5) is 17.1. The number of carbonyl (C=O) groups is 1. The van der Waals surface area contributed by atoms with Crippen LogP contribution in [-0.2, 0) is 11.2 Å². The zero-order valence-electron chi connectivity index (χ0n) is 34.9. The molecule has 0 atom stereocenters. The van der Waals surface area contributed by atoms with E-state index >= 15 is 0 Å². The van der Waals surface area contributed by atoms with E-state index < -0.39 is 12.3 Å². The van der Waals surface area contributed by atoms with E-state index in [0.29, 0.717) is 11.5 Å². The van der Waals surface area contributed by atoms with Crippen molar-refractivity contribution < 1.29 is 24.9 Å². The van der Waals surface area contributed by atoms with Gasteiger partial charge in [-0.3, -0.25) is 0 Å². The van der Waals surface area contributed by atoms with Crippen molar-refractivity contribution >= 4 is 23.0 Å². The first kappa shape index (κ1) is 47.4. The number of benzene rings is 4. The molecule has 0 aliphatic heterocycles. The van der Waals surface area contributed by atoms with Gasteiger partial charge in [-0.25, -0.2) is 4.79 Å². The predicted octanol–water partition coefficient (Wildman–Crippen LogP) is 9.34. The van der Waals surface area contributed by atoms with Crippen LogP contribution < -0.4 is 14.7 Å². The molecule has 0 bridgehead atoms. The lowest BCUT2D eigenvalue weighted by Gasteiger charge is -2.24. The summed E-state index contributed by atoms with van der Waals surface area (Å²) in [5.74, 6) is -0.0761. The number of aliphatic hydroxyl groups excluding tert-OH is 1. The second-order valence-corrected chi connectivity index (χ2v) is 14.8. The highest BCUT2D eigenvalue weighted by Crippen LogP contribution is 2.34. The number of nitrogens with zero attached hydrogens (tertiary/aromatic N) is 3. The van der Waals surface area contributed by atoms with Crippen LogP contribution in [-0.4, -0.2) is 82.1 Å². The largest absolute Gasteiger partial charge is 0.478 e. The first-order chi connectivity index (χ1) is 25.3. The molecule has 54 heavy (non-hydrogen) atoms. The number of allylic oxidation sites excluding steroid dienone is 1. The minimum Gasteiger partial charge on any atom is -0.478 e. The summed E-state index contributed by atoms with van der Waals surface area (Å²) in [5.41, 5.74) is 10.2. The molecule has 0 saturated carbocycles. The van der Waals surface area contributed by atoms with Crippen molar-refractivity contribution in [3.63, 3.8) is 0 Å². The van der Waals surface area contributed by atoms with Gasteiger partial charge in [-0.1, -0.05) is 68.0 Å². The normalized spacial score (nSPS) is 10.5. The number of carboxylic acid groups (broad SMARTS) is 1. The lowest BCUT2D eigenvalue weighted by atomic mass is 9.85. The third-order valence-electron chi connectivity index (χ3n) is 7.88. The highest BCUT2D eigenvalue weighted by Gasteiger charge is 2.18. The monoisotopic (exact) mass is 742 g/mol. The number of ether oxygens (including phenoxy) is 1. The number of aliphatic hydroxyl groups is 2. The van der Waals surface area contributed by atoms with E-state index in [1.807, 2.05) is 26.0 Å². The molecule has 0 unspecified atom stereocenters. The van der Waals surface area contributed by atoms with Gasteiger partial charge in [-0.05, 0) is 118 Å². The summed E-state index contributed by atoms with van der Waals surface area (Å²) >= 11 is 0. The molecule has 3 N–H and O–H groups in total. The van der Waals surface area contributed by atoms with Crippen LogP contribution in [0.2, 0.25) is 0 Å². The van der Waals surface area contributed by atoms with E-state index in [0.717, 1.165) is 19.6 Å². The Morgan fingerprint density at radius 2 is 1.00 bits per heavy atom. The SMILES string of the molecule is C=C(C)C.CC(C)Cc1ccc(C(=O)O)cc1.CC(C)OCCN(C)c1ccc(C(c2ccc(N(C)C)cc2)c2ccc(N(C)C)cc2)cc1.CC(O)O. The Hall–Kier alpha value is -4.63. The Balaban J connectivity index is 0.000000568. The summed E-state index contributed by atoms with van der Waals surface area (Å²) in [6, 6.07) is 33.9. The van der Waals surface area contributed by atoms with Crippen molar-refractivity contribution in [1.82, 2.24) is 0 Å². The molecule has 0 spiro atoms. The summed E-state index contributed by atoms with van der Waals surface area (Å²) in [6.45, 7) is 18.8. The molecule has 0 aliphatic rings. The predicted molar refractivity (Wildman–Crippen MR) is 230 cm³/mol. The Morgan fingerprint density at radius 1 is 0.648 bits per heavy atom. The van der Waals surface area contributed by atoms with Gasteiger partial charge in [0.2, 0.25) is 0 Å². The zero-order valence-corrected chi connectivity index (χ0v) is 34.9. The van der Waals surface area contributed by atoms with Crippen LogP contribution in [0.5, 0.6) is 0 Å². The fraction of sp³-hybridized carbons (Fsp3) is 0.413. The third-order valence-corrected chi connectivity index (χ3v) is 7.88. The fourth-order valence-corrected chi connectivity index (χ4v) is 5.24. The minimum atomic E-state index is -1.17. The molecule has 0 heterocycles. The molecular formula is C46H67N3O5. The standard InChI is InChI=1S/C29H39N3O.C11H14O2.C4H8.C2H6O2/c1-22(2)33-21-20-32(7)28-18-12-25(13-19-28)29(23-8-14-26(15-9-23)30(3)4)24-10-16-27(17-11-24)31(5)6;1-8(2)7-9-3-5-10(6-4-9)11(12)13;1-4(2)3;1-2(3)4/h8-19,22,29H,20-21H2,1-7H3;3-6,8H,7H2,1-2H3,(H,12,13);1H2,2-3H3;2-4H,1H3. The molecule has 4 aromatic rings. The molecule has 8 nitrogen and oxygen atoms in total. The summed E-state index contributed by atoms with van der Waals surface area (Å²) in [5, 5.41) is 23.9. The lowest BCUT2D eigenvalue weighted by molar-refractivity contribution is -0.0228. The Morgan fingerprint density at radius 3 is 1.30 bits per heavy atom. The van der Waals surface area contributed by atoms with Crippen LogP contribution in [0.25, 0.3) is 0 Å². The van der Waals surface area contributed by atoms with Gasteiger partial charge in [0, 0.05) is 64.8 Å². The van der Waals surface area contributed by atoms with Gasteiger partial charge in [-0.15, -0.1) is 6.58 Å². The van der Waals surface area contributed by atoms with Gasteiger partial charge in [-0.2, -0.15) is 0 Å². The highest BCUT2D eigenvalue weighted by molar-refractivity contribution is 5.87. The molecule has 0 aliphatic carbocycles. The molecule has 4 rings (SSSR count). The van der Waals surface area contributed by atoms with Crippen molar-refractivity contribution in [2.24, 2.45) is 5.92 Å². The minimum absolute atomic E-state index is 0.182. The van der Waals surface area contributed by atoms with Crippen molar-refractivity contribution in [2.45, 2.75) is 73.2 Å². The van der Waals surface area contributed by atoms with Crippen LogP contribution in [0.1, 0.15) is 87.0 Å². The lowest BCUT2D eigenvalue weighted by Crippen LogP contribution is -2.23. The van der Waals surface area contributed by atoms with Gasteiger partial charge in [0.05, 0.1) is 18.3 Å². The summed E-state index contributed by atoms with van der Waals surface area (Å²) < 4.78 is 5.72. The first-order valence-electron chi connectivity index (χ1n) is 18.6. The van der Waals surface area contributed by atoms with E-state index in [2.05, 4.69) is 157 Å². The van der Waals surface area contributed by atoms with E-state index in [9.17, 15) is 4.79 Å². The molecule has 0 saturated heterocycles. The van der Waals surface area contributed by atoms with Crippen LogP contribution >= 0.6 is 0 Å². The molecule has 296 valence electrons. The van der Waals surface area contributed by atoms with Gasteiger partial charge in [0.15, 0.2) is 0 Å². The van der Waals surface area contributed by atoms with Crippen molar-refractivity contribution in [1.29, 1.82) is 0 Å². The number of rotatable bonds is 13. The Bertz CT molecular complexity index is 1560. The van der Waals surface area contributed by atoms with E-state index in [1.165, 1.54) is 51.8 Å². The molecule has 4 aromatic carbocycles. The average molecular weight is 742 g/mol. The number of anilines is 3. The van der Waals surface area contributed by atoms with E-state index in [1.54, 1.807) is 12.1 Å². The summed E-state index contributed by atoms with van der Waals surface area (Å²) in [6.07, 6.45) is 0.0965. The molecule has 0 aromatic heterocycles. The molecule has 8 heteroatoms. The van der Waals surface area contributed by atoms with Gasteiger partial charge >= 0.3 is 5.97 Å². The number of aromatic carboxylic acids is 1. The van der Waals surface area contributed by atoms with Gasteiger partial charge < -0.3 is 34.8 Å². The third kappa shape index (κ3) is 18.9. The number of likely N-dealkylation sites (N-methyl/N-ethyl adjacent to an activating group) is 1. The van der Waals surface area contributed by atoms with Gasteiger partial charge in [0.25, 0.3) is 0 Å². The maximum atomic E-state index is 10.5. The maximum absolute atomic E-state index is 10.5. The fourth-order valence-electron chi connectivity index (χ4n) is 5.24. The highest BCUT2D eigenvalue weighted by atomic mass is 16.5. The number of hydrogen-bond acceptors (Lipinski definition) is 7. The Kier molecular flexibility index (Phi) is 21.6. The van der Waals surface area contributed by atoms with Crippen LogP contribution in [0.15, 0.2) is 109 Å². The second kappa shape index (κ2) is 24.6.